The molecule has 0 aliphatic carbocycles. The first-order valence-electron chi connectivity index (χ1n) is 6.54. The predicted molar refractivity (Wildman–Crippen MR) is 81.9 cm³/mol. The standard InChI is InChI=1S/C15H11ClF3N3O2/c1-7-3-2-4-9(13(20)23)11(7)22-14(24)12-10(16)5-8(6-21-12)15(17,18)19/h2-6H,1H3,(H2,20,23)(H,22,24). The zero-order valence-electron chi connectivity index (χ0n) is 12.2. The van der Waals surface area contributed by atoms with Crippen molar-refractivity contribution in [2.75, 3.05) is 5.32 Å². The fourth-order valence-electron chi connectivity index (χ4n) is 1.97. The van der Waals surface area contributed by atoms with Crippen LogP contribution in [-0.2, 0) is 6.18 Å². The summed E-state index contributed by atoms with van der Waals surface area (Å²) in [6.45, 7) is 1.63. The lowest BCUT2D eigenvalue weighted by molar-refractivity contribution is -0.137. The summed E-state index contributed by atoms with van der Waals surface area (Å²) >= 11 is 5.72. The number of halogens is 4. The molecule has 0 aliphatic rings. The zero-order valence-corrected chi connectivity index (χ0v) is 13.0. The van der Waals surface area contributed by atoms with Crippen LogP contribution in [0.15, 0.2) is 30.5 Å². The number of nitrogens with two attached hydrogens (primary N) is 1. The third-order valence-corrected chi connectivity index (χ3v) is 3.45. The maximum absolute atomic E-state index is 12.6. The fraction of sp³-hybridized carbons (Fsp3) is 0.133. The molecule has 2 amide bonds. The number of para-hydroxylation sites is 1. The van der Waals surface area contributed by atoms with Crippen LogP contribution in [0.2, 0.25) is 5.02 Å². The Balaban J connectivity index is 2.37. The summed E-state index contributed by atoms with van der Waals surface area (Å²) in [6.07, 6.45) is -4.12. The number of hydrogen-bond acceptors (Lipinski definition) is 3. The topological polar surface area (TPSA) is 85.1 Å². The van der Waals surface area contributed by atoms with Crippen molar-refractivity contribution in [1.29, 1.82) is 0 Å². The molecule has 1 heterocycles. The first kappa shape index (κ1) is 17.7. The minimum absolute atomic E-state index is 0.0615. The van der Waals surface area contributed by atoms with Gasteiger partial charge in [0.05, 0.1) is 21.8 Å². The van der Waals surface area contributed by atoms with E-state index in [0.717, 1.165) is 0 Å². The number of rotatable bonds is 3. The maximum atomic E-state index is 12.6. The quantitative estimate of drug-likeness (QED) is 0.882. The minimum Gasteiger partial charge on any atom is -0.366 e. The fourth-order valence-corrected chi connectivity index (χ4v) is 2.22. The second-order valence-electron chi connectivity index (χ2n) is 4.87. The monoisotopic (exact) mass is 357 g/mol. The molecular formula is C15H11ClF3N3O2. The molecule has 0 atom stereocenters. The summed E-state index contributed by atoms with van der Waals surface area (Å²) in [5.41, 5.74) is 4.52. The highest BCUT2D eigenvalue weighted by Crippen LogP contribution is 2.31. The van der Waals surface area contributed by atoms with Crippen molar-refractivity contribution in [2.24, 2.45) is 5.73 Å². The molecule has 0 aliphatic heterocycles. The van der Waals surface area contributed by atoms with Crippen LogP contribution in [0, 0.1) is 6.92 Å². The minimum atomic E-state index is -4.62. The second kappa shape index (κ2) is 6.48. The van der Waals surface area contributed by atoms with E-state index in [4.69, 9.17) is 17.3 Å². The normalized spacial score (nSPS) is 11.2. The van der Waals surface area contributed by atoms with Gasteiger partial charge >= 0.3 is 6.18 Å². The Bertz CT molecular complexity index is 822. The Kier molecular flexibility index (Phi) is 4.79. The predicted octanol–water partition coefficient (Wildman–Crippen LogP) is 3.41. The number of primary amides is 1. The van der Waals surface area contributed by atoms with Crippen molar-refractivity contribution >= 4 is 29.1 Å². The van der Waals surface area contributed by atoms with Gasteiger partial charge in [0.25, 0.3) is 11.8 Å². The van der Waals surface area contributed by atoms with E-state index in [1.54, 1.807) is 19.1 Å². The van der Waals surface area contributed by atoms with Crippen LogP contribution in [0.25, 0.3) is 0 Å². The van der Waals surface area contributed by atoms with E-state index in [-0.39, 0.29) is 11.3 Å². The number of nitrogens with zero attached hydrogens (tertiary/aromatic N) is 1. The Morgan fingerprint density at radius 1 is 1.29 bits per heavy atom. The highest BCUT2D eigenvalue weighted by Gasteiger charge is 2.32. The van der Waals surface area contributed by atoms with Crippen LogP contribution < -0.4 is 11.1 Å². The van der Waals surface area contributed by atoms with Crippen LogP contribution >= 0.6 is 11.6 Å². The molecule has 9 heteroatoms. The lowest BCUT2D eigenvalue weighted by atomic mass is 10.1. The van der Waals surface area contributed by atoms with Crippen molar-refractivity contribution < 1.29 is 22.8 Å². The number of nitrogens with one attached hydrogen (secondary N) is 1. The summed E-state index contributed by atoms with van der Waals surface area (Å²) in [7, 11) is 0. The molecule has 0 saturated heterocycles. The number of anilines is 1. The number of carbonyl (C=O) groups excluding carboxylic acids is 2. The largest absolute Gasteiger partial charge is 0.417 e. The molecule has 2 rings (SSSR count). The number of aryl methyl sites for hydroxylation is 1. The molecule has 1 aromatic heterocycles. The Morgan fingerprint density at radius 2 is 1.96 bits per heavy atom. The van der Waals surface area contributed by atoms with Crippen molar-refractivity contribution in [2.45, 2.75) is 13.1 Å². The van der Waals surface area contributed by atoms with E-state index in [2.05, 4.69) is 10.3 Å². The molecule has 0 saturated carbocycles. The number of hydrogen-bond donors (Lipinski definition) is 2. The van der Waals surface area contributed by atoms with Crippen LogP contribution in [-0.4, -0.2) is 16.8 Å². The number of alkyl halides is 3. The number of pyridine rings is 1. The van der Waals surface area contributed by atoms with Crippen molar-refractivity contribution in [3.63, 3.8) is 0 Å². The molecule has 5 nitrogen and oxygen atoms in total. The Morgan fingerprint density at radius 3 is 2.50 bits per heavy atom. The van der Waals surface area contributed by atoms with Crippen LogP contribution in [0.4, 0.5) is 18.9 Å². The summed E-state index contributed by atoms with van der Waals surface area (Å²) < 4.78 is 37.8. The Hall–Kier alpha value is -2.61. The molecule has 0 spiro atoms. The molecule has 0 fully saturated rings. The molecular weight excluding hydrogens is 347 g/mol. The highest BCUT2D eigenvalue weighted by molar-refractivity contribution is 6.34. The maximum Gasteiger partial charge on any atom is 0.417 e. The molecule has 24 heavy (non-hydrogen) atoms. The van der Waals surface area contributed by atoms with E-state index < -0.39 is 34.3 Å². The number of benzene rings is 1. The van der Waals surface area contributed by atoms with Gasteiger partial charge < -0.3 is 11.1 Å². The number of amides is 2. The van der Waals surface area contributed by atoms with Crippen molar-refractivity contribution in [3.05, 3.63) is 57.9 Å². The molecule has 0 radical (unpaired) electrons. The summed E-state index contributed by atoms with van der Waals surface area (Å²) in [5.74, 6) is -1.62. The average Bonchev–Trinajstić information content (AvgIpc) is 2.47. The van der Waals surface area contributed by atoms with Gasteiger partial charge in [-0.25, -0.2) is 4.98 Å². The molecule has 0 unspecified atom stereocenters. The van der Waals surface area contributed by atoms with Gasteiger partial charge in [0, 0.05) is 6.20 Å². The first-order chi connectivity index (χ1) is 11.1. The molecule has 3 N–H and O–H groups in total. The number of aromatic nitrogens is 1. The lowest BCUT2D eigenvalue weighted by Gasteiger charge is -2.13. The van der Waals surface area contributed by atoms with E-state index in [1.165, 1.54) is 6.07 Å². The van der Waals surface area contributed by atoms with Crippen molar-refractivity contribution in [1.82, 2.24) is 4.98 Å². The van der Waals surface area contributed by atoms with Crippen LogP contribution in [0.1, 0.15) is 32.0 Å². The lowest BCUT2D eigenvalue weighted by Crippen LogP contribution is -2.20. The third-order valence-electron chi connectivity index (χ3n) is 3.16. The first-order valence-corrected chi connectivity index (χ1v) is 6.92. The van der Waals surface area contributed by atoms with E-state index in [0.29, 0.717) is 17.8 Å². The van der Waals surface area contributed by atoms with E-state index in [9.17, 15) is 22.8 Å². The zero-order chi connectivity index (χ0) is 18.1. The third kappa shape index (κ3) is 3.65. The summed E-state index contributed by atoms with van der Waals surface area (Å²) in [5, 5.41) is 1.95. The van der Waals surface area contributed by atoms with E-state index in [1.807, 2.05) is 0 Å². The van der Waals surface area contributed by atoms with Gasteiger partial charge in [0.2, 0.25) is 0 Å². The van der Waals surface area contributed by atoms with Gasteiger partial charge in [-0.15, -0.1) is 0 Å². The smallest absolute Gasteiger partial charge is 0.366 e. The molecule has 0 bridgehead atoms. The molecule has 126 valence electrons. The summed E-state index contributed by atoms with van der Waals surface area (Å²) in [6, 6.07) is 5.22. The Labute approximate surface area is 139 Å². The van der Waals surface area contributed by atoms with Gasteiger partial charge in [0.15, 0.2) is 0 Å². The average molecular weight is 358 g/mol. The van der Waals surface area contributed by atoms with Gasteiger partial charge in [-0.3, -0.25) is 9.59 Å². The van der Waals surface area contributed by atoms with Gasteiger partial charge in [-0.1, -0.05) is 23.7 Å². The van der Waals surface area contributed by atoms with Crippen molar-refractivity contribution in [3.8, 4) is 0 Å². The second-order valence-corrected chi connectivity index (χ2v) is 5.28. The highest BCUT2D eigenvalue weighted by atomic mass is 35.5. The van der Waals surface area contributed by atoms with Gasteiger partial charge in [0.1, 0.15) is 5.69 Å². The number of carbonyl (C=O) groups is 2. The molecule has 2 aromatic rings. The van der Waals surface area contributed by atoms with Crippen LogP contribution in [0.5, 0.6) is 0 Å². The van der Waals surface area contributed by atoms with Crippen LogP contribution in [0.3, 0.4) is 0 Å². The van der Waals surface area contributed by atoms with Gasteiger partial charge in [-0.2, -0.15) is 13.2 Å². The SMILES string of the molecule is Cc1cccc(C(N)=O)c1NC(=O)c1ncc(C(F)(F)F)cc1Cl. The van der Waals surface area contributed by atoms with Gasteiger partial charge in [-0.05, 0) is 24.6 Å². The van der Waals surface area contributed by atoms with E-state index >= 15 is 0 Å². The molecule has 1 aromatic carbocycles. The summed E-state index contributed by atoms with van der Waals surface area (Å²) in [4.78, 5) is 27.1.